The van der Waals surface area contributed by atoms with Gasteiger partial charge < -0.3 is 25.0 Å². The summed E-state index contributed by atoms with van der Waals surface area (Å²) >= 11 is 0. The summed E-state index contributed by atoms with van der Waals surface area (Å²) in [5, 5.41) is 5.67. The van der Waals surface area contributed by atoms with Crippen LogP contribution in [0.5, 0.6) is 5.75 Å². The zero-order valence-electron chi connectivity index (χ0n) is 17.5. The molecule has 3 rings (SSSR count). The van der Waals surface area contributed by atoms with Crippen LogP contribution in [-0.4, -0.2) is 44.8 Å². The first-order valence-corrected chi connectivity index (χ1v) is 10.7. The number of urea groups is 1. The second-order valence-corrected chi connectivity index (χ2v) is 7.94. The Bertz CT molecular complexity index is 709. The van der Waals surface area contributed by atoms with E-state index < -0.39 is 0 Å². The summed E-state index contributed by atoms with van der Waals surface area (Å²) in [5.74, 6) is 1.30. The quantitative estimate of drug-likeness (QED) is 0.676. The maximum atomic E-state index is 12.3. The number of hydrogen-bond acceptors (Lipinski definition) is 4. The Labute approximate surface area is 173 Å². The Kier molecular flexibility index (Phi) is 7.75. The number of amides is 3. The van der Waals surface area contributed by atoms with Gasteiger partial charge >= 0.3 is 6.03 Å². The predicted octanol–water partition coefficient (Wildman–Crippen LogP) is 3.93. The van der Waals surface area contributed by atoms with Crippen molar-refractivity contribution in [2.24, 2.45) is 5.92 Å². The van der Waals surface area contributed by atoms with Crippen molar-refractivity contribution in [1.29, 1.82) is 0 Å². The highest BCUT2D eigenvalue weighted by Crippen LogP contribution is 2.33. The van der Waals surface area contributed by atoms with Gasteiger partial charge in [0.25, 0.3) is 0 Å². The Morgan fingerprint density at radius 3 is 2.79 bits per heavy atom. The summed E-state index contributed by atoms with van der Waals surface area (Å²) < 4.78 is 11.3. The van der Waals surface area contributed by atoms with E-state index in [1.165, 1.54) is 19.3 Å². The average molecular weight is 404 g/mol. The Morgan fingerprint density at radius 1 is 1.21 bits per heavy atom. The van der Waals surface area contributed by atoms with Gasteiger partial charge in [0.05, 0.1) is 25.5 Å². The van der Waals surface area contributed by atoms with Crippen LogP contribution in [0.25, 0.3) is 0 Å². The smallest absolute Gasteiger partial charge is 0.319 e. The van der Waals surface area contributed by atoms with Crippen molar-refractivity contribution in [2.75, 3.05) is 37.0 Å². The number of ether oxygens (including phenoxy) is 2. The number of nitrogens with one attached hydrogen (secondary N) is 2. The van der Waals surface area contributed by atoms with Crippen LogP contribution in [-0.2, 0) is 9.53 Å². The molecule has 1 saturated heterocycles. The van der Waals surface area contributed by atoms with Gasteiger partial charge in [-0.3, -0.25) is 4.79 Å². The largest absolute Gasteiger partial charge is 0.495 e. The third-order valence-electron chi connectivity index (χ3n) is 5.80. The fraction of sp³-hybridized carbons (Fsp3) is 0.636. The Morgan fingerprint density at radius 2 is 2.03 bits per heavy atom. The van der Waals surface area contributed by atoms with Gasteiger partial charge in [0.1, 0.15) is 5.75 Å². The third-order valence-corrected chi connectivity index (χ3v) is 5.80. The minimum Gasteiger partial charge on any atom is -0.495 e. The fourth-order valence-electron chi connectivity index (χ4n) is 4.12. The minimum absolute atomic E-state index is 0.0882. The monoisotopic (exact) mass is 403 g/mol. The molecule has 1 aliphatic carbocycles. The van der Waals surface area contributed by atoms with Crippen LogP contribution in [0.2, 0.25) is 0 Å². The van der Waals surface area contributed by atoms with E-state index >= 15 is 0 Å². The number of methoxy groups -OCH3 is 1. The fourth-order valence-corrected chi connectivity index (χ4v) is 4.12. The normalized spacial score (nSPS) is 22.3. The topological polar surface area (TPSA) is 79.9 Å². The molecule has 3 amide bonds. The van der Waals surface area contributed by atoms with Crippen molar-refractivity contribution in [1.82, 2.24) is 5.32 Å². The molecule has 2 aliphatic rings. The van der Waals surface area contributed by atoms with Crippen LogP contribution in [0.1, 0.15) is 51.9 Å². The molecule has 1 aromatic rings. The van der Waals surface area contributed by atoms with E-state index in [1.807, 2.05) is 0 Å². The van der Waals surface area contributed by atoms with Crippen molar-refractivity contribution >= 4 is 23.3 Å². The van der Waals surface area contributed by atoms with Crippen LogP contribution in [0, 0.1) is 5.92 Å². The summed E-state index contributed by atoms with van der Waals surface area (Å²) in [7, 11) is 1.58. The van der Waals surface area contributed by atoms with Gasteiger partial charge in [-0.2, -0.15) is 0 Å². The first-order valence-electron chi connectivity index (χ1n) is 10.7. The number of nitrogens with zero attached hydrogens (tertiary/aromatic N) is 1. The summed E-state index contributed by atoms with van der Waals surface area (Å²) in [4.78, 5) is 26.3. The molecule has 29 heavy (non-hydrogen) atoms. The molecule has 0 radical (unpaired) electrons. The molecule has 1 aromatic carbocycles. The van der Waals surface area contributed by atoms with E-state index in [1.54, 1.807) is 30.2 Å². The van der Waals surface area contributed by atoms with Crippen LogP contribution in [0.4, 0.5) is 16.2 Å². The zero-order chi connectivity index (χ0) is 20.6. The third kappa shape index (κ3) is 5.85. The Balaban J connectivity index is 1.50. The summed E-state index contributed by atoms with van der Waals surface area (Å²) in [6.07, 6.45) is 7.57. The lowest BCUT2D eigenvalue weighted by atomic mass is 9.88. The van der Waals surface area contributed by atoms with E-state index in [4.69, 9.17) is 9.47 Å². The molecule has 2 atom stereocenters. The Hall–Kier alpha value is -2.28. The SMILES string of the molecule is COc1ccc(NC(=O)NCCO[C@H]2CCCC[C@@H]2C)cc1N1CCCCC1=O. The van der Waals surface area contributed by atoms with E-state index in [9.17, 15) is 9.59 Å². The molecule has 1 heterocycles. The number of hydrogen-bond donors (Lipinski definition) is 2. The second-order valence-electron chi connectivity index (χ2n) is 7.94. The highest BCUT2D eigenvalue weighted by molar-refractivity contribution is 5.97. The van der Waals surface area contributed by atoms with Gasteiger partial charge in [-0.25, -0.2) is 4.79 Å². The molecule has 1 saturated carbocycles. The maximum absolute atomic E-state index is 12.3. The molecule has 0 unspecified atom stereocenters. The van der Waals surface area contributed by atoms with Gasteiger partial charge in [0, 0.05) is 25.2 Å². The van der Waals surface area contributed by atoms with E-state index in [-0.39, 0.29) is 11.9 Å². The molecule has 0 spiro atoms. The van der Waals surface area contributed by atoms with Gasteiger partial charge in [-0.05, 0) is 49.8 Å². The van der Waals surface area contributed by atoms with Crippen LogP contribution in [0.15, 0.2) is 18.2 Å². The lowest BCUT2D eigenvalue weighted by molar-refractivity contribution is -0.119. The molecule has 2 fully saturated rings. The van der Waals surface area contributed by atoms with Crippen molar-refractivity contribution < 1.29 is 19.1 Å². The molecule has 7 nitrogen and oxygen atoms in total. The standard InChI is InChI=1S/C22H33N3O4/c1-16-7-3-4-8-19(16)29-14-12-23-22(27)24-17-10-11-20(28-2)18(15-17)25-13-6-5-9-21(25)26/h10-11,15-16,19H,3-9,12-14H2,1-2H3,(H2,23,24,27)/t16-,19-/m0/s1. The molecular formula is C22H33N3O4. The van der Waals surface area contributed by atoms with Gasteiger partial charge in [0.2, 0.25) is 5.91 Å². The number of benzene rings is 1. The highest BCUT2D eigenvalue weighted by Gasteiger charge is 2.23. The molecular weight excluding hydrogens is 370 g/mol. The minimum atomic E-state index is -0.286. The van der Waals surface area contributed by atoms with Crippen LogP contribution >= 0.6 is 0 Å². The molecule has 0 bridgehead atoms. The highest BCUT2D eigenvalue weighted by atomic mass is 16.5. The predicted molar refractivity (Wildman–Crippen MR) is 114 cm³/mol. The number of anilines is 2. The molecule has 160 valence electrons. The van der Waals surface area contributed by atoms with Crippen molar-refractivity contribution in [2.45, 2.75) is 58.0 Å². The summed E-state index contributed by atoms with van der Waals surface area (Å²) in [6, 6.07) is 5.06. The average Bonchev–Trinajstić information content (AvgIpc) is 2.73. The second kappa shape index (κ2) is 10.5. The maximum Gasteiger partial charge on any atom is 0.319 e. The number of carbonyl (C=O) groups excluding carboxylic acids is 2. The summed E-state index contributed by atoms with van der Waals surface area (Å²) in [5.41, 5.74) is 1.32. The zero-order valence-corrected chi connectivity index (χ0v) is 17.5. The van der Waals surface area contributed by atoms with Gasteiger partial charge in [0.15, 0.2) is 0 Å². The van der Waals surface area contributed by atoms with Crippen LogP contribution in [0.3, 0.4) is 0 Å². The number of rotatable bonds is 7. The van der Waals surface area contributed by atoms with Crippen molar-refractivity contribution in [3.8, 4) is 5.75 Å². The molecule has 2 N–H and O–H groups in total. The first kappa shape index (κ1) is 21.4. The lowest BCUT2D eigenvalue weighted by Crippen LogP contribution is -2.36. The lowest BCUT2D eigenvalue weighted by Gasteiger charge is -2.29. The first-order chi connectivity index (χ1) is 14.1. The molecule has 7 heteroatoms. The molecule has 1 aliphatic heterocycles. The van der Waals surface area contributed by atoms with Gasteiger partial charge in [-0.1, -0.05) is 19.8 Å². The number of carbonyl (C=O) groups is 2. The van der Waals surface area contributed by atoms with Crippen LogP contribution < -0.4 is 20.3 Å². The van der Waals surface area contributed by atoms with Crippen molar-refractivity contribution in [3.05, 3.63) is 18.2 Å². The van der Waals surface area contributed by atoms with E-state index in [0.717, 1.165) is 19.3 Å². The van der Waals surface area contributed by atoms with E-state index in [0.29, 0.717) is 55.3 Å². The number of piperidine rings is 1. The van der Waals surface area contributed by atoms with E-state index in [2.05, 4.69) is 17.6 Å². The molecule has 0 aromatic heterocycles. The van der Waals surface area contributed by atoms with Crippen molar-refractivity contribution in [3.63, 3.8) is 0 Å². The summed E-state index contributed by atoms with van der Waals surface area (Å²) in [6.45, 7) is 3.88. The van der Waals surface area contributed by atoms with Gasteiger partial charge in [-0.15, -0.1) is 0 Å².